The average molecular weight is 550 g/mol. The maximum Gasteiger partial charge on any atom is 0.193 e. The van der Waals surface area contributed by atoms with Gasteiger partial charge in [0, 0.05) is 59.1 Å². The number of aromatic nitrogens is 1. The fraction of sp³-hybridized carbons (Fsp3) is 0.500. The molecule has 0 aliphatic carbocycles. The van der Waals surface area contributed by atoms with E-state index in [0.717, 1.165) is 70.8 Å². The first-order valence-corrected chi connectivity index (χ1v) is 11.2. The Kier molecular flexibility index (Phi) is 9.55. The largest absolute Gasteiger partial charge is 0.379 e. The minimum Gasteiger partial charge on any atom is -0.379 e. The van der Waals surface area contributed by atoms with Crippen LogP contribution in [0.25, 0.3) is 0 Å². The summed E-state index contributed by atoms with van der Waals surface area (Å²) in [4.78, 5) is 16.3. The molecule has 2 fully saturated rings. The summed E-state index contributed by atoms with van der Waals surface area (Å²) in [6, 6.07) is 15.3. The van der Waals surface area contributed by atoms with Crippen LogP contribution in [0.15, 0.2) is 53.7 Å². The molecule has 4 rings (SSSR count). The Labute approximate surface area is 208 Å². The molecule has 1 aromatic carbocycles. The van der Waals surface area contributed by atoms with Gasteiger partial charge in [-0.25, -0.2) is 4.98 Å². The van der Waals surface area contributed by atoms with Gasteiger partial charge in [0.2, 0.25) is 0 Å². The smallest absolute Gasteiger partial charge is 0.193 e. The van der Waals surface area contributed by atoms with Crippen molar-refractivity contribution in [2.24, 2.45) is 4.99 Å². The number of rotatable bonds is 5. The molecule has 1 atom stereocenters. The first-order chi connectivity index (χ1) is 15.2. The van der Waals surface area contributed by atoms with Gasteiger partial charge in [0.15, 0.2) is 5.96 Å². The van der Waals surface area contributed by atoms with Crippen LogP contribution < -0.4 is 10.2 Å². The highest BCUT2D eigenvalue weighted by atomic mass is 127. The molecule has 1 aromatic heterocycles. The van der Waals surface area contributed by atoms with Gasteiger partial charge in [-0.05, 0) is 24.6 Å². The summed E-state index contributed by atoms with van der Waals surface area (Å²) in [5, 5.41) is 3.67. The van der Waals surface area contributed by atoms with E-state index in [1.165, 1.54) is 11.1 Å². The Morgan fingerprint density at radius 3 is 2.50 bits per heavy atom. The lowest BCUT2D eigenvalue weighted by Gasteiger charge is -2.39. The average Bonchev–Trinajstić information content (AvgIpc) is 2.83. The molecular formula is C24H35IN6O. The Morgan fingerprint density at radius 2 is 1.84 bits per heavy atom. The number of nitrogens with one attached hydrogen (secondary N) is 1. The van der Waals surface area contributed by atoms with Crippen molar-refractivity contribution in [3.63, 3.8) is 0 Å². The molecule has 2 aliphatic rings. The Balaban J connectivity index is 0.00000289. The lowest BCUT2D eigenvalue weighted by Crippen LogP contribution is -2.54. The van der Waals surface area contributed by atoms with Crippen LogP contribution in [0, 0.1) is 6.92 Å². The number of hydrogen-bond acceptors (Lipinski definition) is 5. The van der Waals surface area contributed by atoms with Crippen molar-refractivity contribution in [2.75, 3.05) is 71.0 Å². The number of morpholine rings is 1. The summed E-state index contributed by atoms with van der Waals surface area (Å²) in [7, 11) is 1.88. The van der Waals surface area contributed by atoms with Crippen molar-refractivity contribution in [3.05, 3.63) is 59.8 Å². The van der Waals surface area contributed by atoms with Crippen LogP contribution >= 0.6 is 24.0 Å². The second-order valence-electron chi connectivity index (χ2n) is 8.17. The topological polar surface area (TPSA) is 56.2 Å². The number of nitrogens with zero attached hydrogens (tertiary/aromatic N) is 5. The molecule has 2 aliphatic heterocycles. The molecule has 32 heavy (non-hydrogen) atoms. The predicted molar refractivity (Wildman–Crippen MR) is 141 cm³/mol. The highest BCUT2D eigenvalue weighted by molar-refractivity contribution is 14.0. The number of guanidine groups is 1. The summed E-state index contributed by atoms with van der Waals surface area (Å²) in [5.41, 5.74) is 2.65. The Hall–Kier alpha value is -1.91. The molecule has 1 unspecified atom stereocenters. The SMILES string of the molecule is CN=C(NCC(c1cccc(C)c1)N1CCOCC1)N1CCN(c2ccccn2)CC1.I. The molecular weight excluding hydrogens is 515 g/mol. The summed E-state index contributed by atoms with van der Waals surface area (Å²) in [6.07, 6.45) is 1.86. The van der Waals surface area contributed by atoms with Crippen LogP contribution in [0.2, 0.25) is 0 Å². The molecule has 0 spiro atoms. The molecule has 0 radical (unpaired) electrons. The van der Waals surface area contributed by atoms with E-state index >= 15 is 0 Å². The third kappa shape index (κ3) is 6.32. The van der Waals surface area contributed by atoms with Crippen LogP contribution in [0.3, 0.4) is 0 Å². The molecule has 3 heterocycles. The molecule has 174 valence electrons. The quantitative estimate of drug-likeness (QED) is 0.351. The number of anilines is 1. The summed E-state index contributed by atoms with van der Waals surface area (Å²) < 4.78 is 5.59. The van der Waals surface area contributed by atoms with Gasteiger partial charge < -0.3 is 19.9 Å². The number of halogens is 1. The molecule has 0 bridgehead atoms. The van der Waals surface area contributed by atoms with Gasteiger partial charge in [0.25, 0.3) is 0 Å². The number of piperazine rings is 1. The van der Waals surface area contributed by atoms with Crippen molar-refractivity contribution < 1.29 is 4.74 Å². The van der Waals surface area contributed by atoms with E-state index in [1.54, 1.807) is 0 Å². The minimum atomic E-state index is 0. The van der Waals surface area contributed by atoms with E-state index in [-0.39, 0.29) is 24.0 Å². The summed E-state index contributed by atoms with van der Waals surface area (Å²) in [5.74, 6) is 2.03. The number of pyridine rings is 1. The van der Waals surface area contributed by atoms with Crippen molar-refractivity contribution in [2.45, 2.75) is 13.0 Å². The standard InChI is InChI=1S/C24H34N6O.HI/c1-20-6-5-7-21(18-20)22(28-14-16-31-17-15-28)19-27-24(25-2)30-12-10-29(11-13-30)23-8-3-4-9-26-23;/h3-9,18,22H,10-17,19H2,1-2H3,(H,25,27);1H. The second-order valence-corrected chi connectivity index (χ2v) is 8.17. The third-order valence-electron chi connectivity index (χ3n) is 6.13. The molecule has 2 saturated heterocycles. The zero-order chi connectivity index (χ0) is 21.5. The number of benzene rings is 1. The zero-order valence-electron chi connectivity index (χ0n) is 19.1. The number of hydrogen-bond donors (Lipinski definition) is 1. The van der Waals surface area contributed by atoms with Crippen LogP contribution in [-0.2, 0) is 4.74 Å². The van der Waals surface area contributed by atoms with Crippen LogP contribution in [0.4, 0.5) is 5.82 Å². The van der Waals surface area contributed by atoms with Crippen molar-refractivity contribution in [1.82, 2.24) is 20.1 Å². The summed E-state index contributed by atoms with van der Waals surface area (Å²) in [6.45, 7) is 10.3. The zero-order valence-corrected chi connectivity index (χ0v) is 21.4. The maximum atomic E-state index is 5.59. The van der Waals surface area contributed by atoms with E-state index in [1.807, 2.05) is 25.4 Å². The summed E-state index contributed by atoms with van der Waals surface area (Å²) >= 11 is 0. The lowest BCUT2D eigenvalue weighted by atomic mass is 10.0. The first-order valence-electron chi connectivity index (χ1n) is 11.2. The van der Waals surface area contributed by atoms with E-state index in [4.69, 9.17) is 4.74 Å². The fourth-order valence-corrected chi connectivity index (χ4v) is 4.43. The normalized spacial score (nSPS) is 18.8. The van der Waals surface area contributed by atoms with Gasteiger partial charge in [-0.3, -0.25) is 9.89 Å². The van der Waals surface area contributed by atoms with Gasteiger partial charge >= 0.3 is 0 Å². The van der Waals surface area contributed by atoms with Crippen molar-refractivity contribution in [1.29, 1.82) is 0 Å². The monoisotopic (exact) mass is 550 g/mol. The number of aliphatic imine (C=N–C) groups is 1. The second kappa shape index (κ2) is 12.4. The highest BCUT2D eigenvalue weighted by Gasteiger charge is 2.25. The minimum absolute atomic E-state index is 0. The fourth-order valence-electron chi connectivity index (χ4n) is 4.43. The van der Waals surface area contributed by atoms with Gasteiger partial charge in [-0.2, -0.15) is 0 Å². The van der Waals surface area contributed by atoms with Crippen LogP contribution in [0.5, 0.6) is 0 Å². The van der Waals surface area contributed by atoms with Gasteiger partial charge in [0.1, 0.15) is 5.82 Å². The van der Waals surface area contributed by atoms with Crippen molar-refractivity contribution in [3.8, 4) is 0 Å². The molecule has 1 N–H and O–H groups in total. The van der Waals surface area contributed by atoms with Crippen LogP contribution in [-0.4, -0.2) is 86.8 Å². The molecule has 2 aromatic rings. The van der Waals surface area contributed by atoms with E-state index < -0.39 is 0 Å². The Morgan fingerprint density at radius 1 is 1.06 bits per heavy atom. The predicted octanol–water partition coefficient (Wildman–Crippen LogP) is 2.78. The van der Waals surface area contributed by atoms with Crippen LogP contribution in [0.1, 0.15) is 17.2 Å². The van der Waals surface area contributed by atoms with Gasteiger partial charge in [0.05, 0.1) is 19.3 Å². The molecule has 8 heteroatoms. The Bertz CT molecular complexity index is 851. The molecule has 0 amide bonds. The van der Waals surface area contributed by atoms with E-state index in [9.17, 15) is 0 Å². The highest BCUT2D eigenvalue weighted by Crippen LogP contribution is 2.22. The van der Waals surface area contributed by atoms with Gasteiger partial charge in [-0.15, -0.1) is 24.0 Å². The van der Waals surface area contributed by atoms with Crippen molar-refractivity contribution >= 4 is 35.8 Å². The number of ether oxygens (including phenoxy) is 1. The lowest BCUT2D eigenvalue weighted by molar-refractivity contribution is 0.0169. The third-order valence-corrected chi connectivity index (χ3v) is 6.13. The number of aryl methyl sites for hydroxylation is 1. The van der Waals surface area contributed by atoms with E-state index in [0.29, 0.717) is 6.04 Å². The molecule has 0 saturated carbocycles. The molecule has 7 nitrogen and oxygen atoms in total. The maximum absolute atomic E-state index is 5.59. The first kappa shape index (κ1) is 24.7. The van der Waals surface area contributed by atoms with Gasteiger partial charge in [-0.1, -0.05) is 35.9 Å². The van der Waals surface area contributed by atoms with E-state index in [2.05, 4.69) is 67.2 Å².